The maximum Gasteiger partial charge on any atom is 0.419 e. The molecule has 0 aliphatic rings. The zero-order valence-corrected chi connectivity index (χ0v) is 16.7. The van der Waals surface area contributed by atoms with Gasteiger partial charge >= 0.3 is 18.5 Å². The first-order valence-electron chi connectivity index (χ1n) is 9.11. The molecule has 0 spiro atoms. The highest BCUT2D eigenvalue weighted by molar-refractivity contribution is 5.95. The monoisotopic (exact) mass is 497 g/mol. The summed E-state index contributed by atoms with van der Waals surface area (Å²) in [6.07, 6.45) is -11.7. The van der Waals surface area contributed by atoms with Crippen LogP contribution in [0, 0.1) is 0 Å². The van der Waals surface area contributed by atoms with Crippen molar-refractivity contribution in [1.29, 1.82) is 0 Å². The molecule has 2 heterocycles. The lowest BCUT2D eigenvalue weighted by molar-refractivity contribution is -0.143. The molecule has 0 aliphatic carbocycles. The van der Waals surface area contributed by atoms with Crippen LogP contribution in [-0.4, -0.2) is 25.7 Å². The first-order chi connectivity index (χ1) is 15.6. The Morgan fingerprint density at radius 1 is 0.853 bits per heavy atom. The van der Waals surface area contributed by atoms with E-state index in [-0.39, 0.29) is 29.7 Å². The molecule has 2 aromatic heterocycles. The Kier molecular flexibility index (Phi) is 6.32. The molecule has 0 radical (unpaired) electrons. The molecule has 1 unspecified atom stereocenters. The van der Waals surface area contributed by atoms with Gasteiger partial charge in [-0.2, -0.15) is 44.6 Å². The SMILES string of the molecule is CC(NC(=O)c1cc(C(F)(F)F)cc(C(F)(F)F)c1)c1nccnc1-n1cc(C(F)(F)F)cn1. The summed E-state index contributed by atoms with van der Waals surface area (Å²) < 4.78 is 118. The van der Waals surface area contributed by atoms with E-state index in [2.05, 4.69) is 20.4 Å². The lowest BCUT2D eigenvalue weighted by Crippen LogP contribution is -2.29. The quantitative estimate of drug-likeness (QED) is 0.503. The lowest BCUT2D eigenvalue weighted by atomic mass is 10.0. The molecule has 34 heavy (non-hydrogen) atoms. The second-order valence-electron chi connectivity index (χ2n) is 6.93. The standard InChI is InChI=1S/C19H12F9N5O/c1-9(14-15(30-3-2-29-14)33-8-13(7-31-33)19(26,27)28)32-16(34)10-4-11(17(20,21)22)6-12(5-10)18(23,24)25/h2-9H,1H3,(H,32,34). The molecule has 3 rings (SSSR count). The van der Waals surface area contributed by atoms with E-state index in [0.29, 0.717) is 12.4 Å². The summed E-state index contributed by atoms with van der Waals surface area (Å²) in [6.45, 7) is 1.26. The van der Waals surface area contributed by atoms with Gasteiger partial charge in [0.2, 0.25) is 0 Å². The second-order valence-corrected chi connectivity index (χ2v) is 6.93. The van der Waals surface area contributed by atoms with Crippen LogP contribution in [0.5, 0.6) is 0 Å². The van der Waals surface area contributed by atoms with Crippen molar-refractivity contribution in [1.82, 2.24) is 25.1 Å². The normalized spacial score (nSPS) is 13.6. The summed E-state index contributed by atoms with van der Waals surface area (Å²) in [5.41, 5.74) is -5.55. The fourth-order valence-electron chi connectivity index (χ4n) is 2.84. The first kappa shape index (κ1) is 25.0. The summed E-state index contributed by atoms with van der Waals surface area (Å²) in [4.78, 5) is 20.3. The van der Waals surface area contributed by atoms with E-state index in [0.717, 1.165) is 17.1 Å². The maximum absolute atomic E-state index is 13.0. The number of carbonyl (C=O) groups excluding carboxylic acids is 1. The molecule has 1 aromatic carbocycles. The molecule has 3 aromatic rings. The van der Waals surface area contributed by atoms with Gasteiger partial charge in [-0.25, -0.2) is 9.67 Å². The number of halogens is 9. The van der Waals surface area contributed by atoms with Crippen molar-refractivity contribution in [3.63, 3.8) is 0 Å². The third kappa shape index (κ3) is 5.46. The Hall–Kier alpha value is -3.65. The van der Waals surface area contributed by atoms with Gasteiger partial charge in [-0.15, -0.1) is 0 Å². The minimum atomic E-state index is -5.16. The minimum absolute atomic E-state index is 0.128. The molecule has 1 amide bonds. The van der Waals surface area contributed by atoms with Crippen LogP contribution < -0.4 is 5.32 Å². The number of amides is 1. The number of aromatic nitrogens is 4. The van der Waals surface area contributed by atoms with Gasteiger partial charge in [0.25, 0.3) is 5.91 Å². The van der Waals surface area contributed by atoms with Crippen LogP contribution in [0.1, 0.15) is 45.7 Å². The van der Waals surface area contributed by atoms with Crippen molar-refractivity contribution in [2.75, 3.05) is 0 Å². The third-order valence-corrected chi connectivity index (χ3v) is 4.44. The van der Waals surface area contributed by atoms with E-state index in [1.807, 2.05) is 0 Å². The smallest absolute Gasteiger partial charge is 0.344 e. The Bertz CT molecular complexity index is 1170. The summed E-state index contributed by atoms with van der Waals surface area (Å²) in [5.74, 6) is -1.55. The molecule has 0 aliphatic heterocycles. The number of benzene rings is 1. The largest absolute Gasteiger partial charge is 0.419 e. The van der Waals surface area contributed by atoms with Gasteiger partial charge in [-0.3, -0.25) is 9.78 Å². The summed E-state index contributed by atoms with van der Waals surface area (Å²) in [7, 11) is 0. The number of nitrogens with one attached hydrogen (secondary N) is 1. The van der Waals surface area contributed by atoms with E-state index in [9.17, 15) is 44.3 Å². The van der Waals surface area contributed by atoms with E-state index in [4.69, 9.17) is 0 Å². The third-order valence-electron chi connectivity index (χ3n) is 4.44. The Morgan fingerprint density at radius 2 is 1.38 bits per heavy atom. The fourth-order valence-corrected chi connectivity index (χ4v) is 2.84. The number of carbonyl (C=O) groups is 1. The Morgan fingerprint density at radius 3 is 1.88 bits per heavy atom. The molecular formula is C19H12F9N5O. The van der Waals surface area contributed by atoms with Crippen LogP contribution in [0.4, 0.5) is 39.5 Å². The van der Waals surface area contributed by atoms with Gasteiger partial charge < -0.3 is 5.32 Å². The van der Waals surface area contributed by atoms with Gasteiger partial charge in [-0.1, -0.05) is 0 Å². The number of nitrogens with zero attached hydrogens (tertiary/aromatic N) is 4. The van der Waals surface area contributed by atoms with Crippen molar-refractivity contribution in [2.45, 2.75) is 31.5 Å². The van der Waals surface area contributed by atoms with Crippen molar-refractivity contribution >= 4 is 5.91 Å². The highest BCUT2D eigenvalue weighted by Gasteiger charge is 2.38. The molecule has 15 heteroatoms. The molecule has 0 saturated heterocycles. The predicted molar refractivity (Wildman–Crippen MR) is 96.5 cm³/mol. The van der Waals surface area contributed by atoms with Gasteiger partial charge in [0, 0.05) is 24.2 Å². The topological polar surface area (TPSA) is 72.7 Å². The van der Waals surface area contributed by atoms with E-state index >= 15 is 0 Å². The zero-order chi connectivity index (χ0) is 25.5. The van der Waals surface area contributed by atoms with Crippen LogP contribution in [-0.2, 0) is 18.5 Å². The van der Waals surface area contributed by atoms with E-state index < -0.39 is 52.7 Å². The zero-order valence-electron chi connectivity index (χ0n) is 16.7. The predicted octanol–water partition coefficient (Wildman–Crippen LogP) is 5.21. The molecular weight excluding hydrogens is 485 g/mol. The lowest BCUT2D eigenvalue weighted by Gasteiger charge is -2.18. The summed E-state index contributed by atoms with van der Waals surface area (Å²) in [6, 6.07) is -0.828. The van der Waals surface area contributed by atoms with E-state index in [1.165, 1.54) is 6.92 Å². The van der Waals surface area contributed by atoms with Crippen LogP contribution in [0.3, 0.4) is 0 Å². The molecule has 1 atom stereocenters. The Balaban J connectivity index is 1.94. The van der Waals surface area contributed by atoms with Crippen LogP contribution >= 0.6 is 0 Å². The van der Waals surface area contributed by atoms with Crippen LogP contribution in [0.2, 0.25) is 0 Å². The average Bonchev–Trinajstić information content (AvgIpc) is 3.23. The number of alkyl halides is 9. The maximum atomic E-state index is 13.0. The molecule has 182 valence electrons. The number of hydrogen-bond donors (Lipinski definition) is 1. The molecule has 1 N–H and O–H groups in total. The van der Waals surface area contributed by atoms with Crippen molar-refractivity contribution < 1.29 is 44.3 Å². The van der Waals surface area contributed by atoms with Gasteiger partial charge in [0.05, 0.1) is 28.9 Å². The molecule has 0 fully saturated rings. The van der Waals surface area contributed by atoms with Crippen LogP contribution in [0.25, 0.3) is 5.82 Å². The summed E-state index contributed by atoms with van der Waals surface area (Å²) in [5, 5.41) is 5.72. The fraction of sp³-hybridized carbons (Fsp3) is 0.263. The first-order valence-corrected chi connectivity index (χ1v) is 9.11. The summed E-state index contributed by atoms with van der Waals surface area (Å²) >= 11 is 0. The van der Waals surface area contributed by atoms with E-state index in [1.54, 1.807) is 0 Å². The Labute approximate surface area is 184 Å². The highest BCUT2D eigenvalue weighted by atomic mass is 19.4. The average molecular weight is 497 g/mol. The molecule has 0 bridgehead atoms. The van der Waals surface area contributed by atoms with Gasteiger partial charge in [0.1, 0.15) is 5.69 Å². The number of rotatable bonds is 4. The van der Waals surface area contributed by atoms with Gasteiger partial charge in [0.15, 0.2) is 5.82 Å². The highest BCUT2D eigenvalue weighted by Crippen LogP contribution is 2.36. The second kappa shape index (κ2) is 8.61. The van der Waals surface area contributed by atoms with Crippen molar-refractivity contribution in [3.05, 3.63) is 70.9 Å². The molecule has 6 nitrogen and oxygen atoms in total. The van der Waals surface area contributed by atoms with Gasteiger partial charge in [-0.05, 0) is 25.1 Å². The van der Waals surface area contributed by atoms with Crippen molar-refractivity contribution in [2.24, 2.45) is 0 Å². The number of hydrogen-bond acceptors (Lipinski definition) is 4. The van der Waals surface area contributed by atoms with Crippen LogP contribution in [0.15, 0.2) is 43.0 Å². The molecule has 0 saturated carbocycles. The van der Waals surface area contributed by atoms with Crippen molar-refractivity contribution in [3.8, 4) is 5.82 Å². The minimum Gasteiger partial charge on any atom is -0.344 e.